The number of carbonyl (C=O) groups is 4. The zero-order valence-electron chi connectivity index (χ0n) is 16.4. The van der Waals surface area contributed by atoms with Crippen molar-refractivity contribution >= 4 is 29.4 Å². The monoisotopic (exact) mass is 416 g/mol. The number of amides is 3. The van der Waals surface area contributed by atoms with E-state index in [-0.39, 0.29) is 11.1 Å². The lowest BCUT2D eigenvalue weighted by molar-refractivity contribution is -0.121. The number of methoxy groups -OCH3 is 1. The number of carbonyl (C=O) groups excluding carboxylic acids is 4. The highest BCUT2D eigenvalue weighted by Gasteiger charge is 2.44. The van der Waals surface area contributed by atoms with Gasteiger partial charge in [0.2, 0.25) is 5.91 Å². The minimum Gasteiger partial charge on any atom is -0.465 e. The van der Waals surface area contributed by atoms with Crippen LogP contribution in [-0.4, -0.2) is 41.7 Å². The van der Waals surface area contributed by atoms with Crippen LogP contribution < -0.4 is 5.32 Å². The second kappa shape index (κ2) is 8.02. The van der Waals surface area contributed by atoms with Crippen LogP contribution in [0.2, 0.25) is 0 Å². The Morgan fingerprint density at radius 1 is 1.00 bits per heavy atom. The molecule has 0 saturated heterocycles. The molecule has 7 nitrogen and oxygen atoms in total. The number of hydrogen-bond donors (Lipinski definition) is 1. The summed E-state index contributed by atoms with van der Waals surface area (Å²) in [6, 6.07) is 6.13. The van der Waals surface area contributed by atoms with Crippen molar-refractivity contribution in [2.24, 2.45) is 5.92 Å². The van der Waals surface area contributed by atoms with Crippen LogP contribution in [0.4, 0.5) is 14.5 Å². The van der Waals surface area contributed by atoms with Gasteiger partial charge in [-0.25, -0.2) is 13.6 Å². The third-order valence-electron chi connectivity index (χ3n) is 4.72. The minimum absolute atomic E-state index is 0.168. The molecule has 9 heteroatoms. The van der Waals surface area contributed by atoms with Crippen molar-refractivity contribution in [2.45, 2.75) is 19.9 Å². The van der Waals surface area contributed by atoms with Crippen molar-refractivity contribution < 1.29 is 32.7 Å². The molecule has 156 valence electrons. The van der Waals surface area contributed by atoms with E-state index in [4.69, 9.17) is 0 Å². The zero-order valence-corrected chi connectivity index (χ0v) is 16.4. The Labute approximate surface area is 170 Å². The predicted molar refractivity (Wildman–Crippen MR) is 102 cm³/mol. The number of imide groups is 1. The molecule has 1 atom stereocenters. The van der Waals surface area contributed by atoms with Gasteiger partial charge in [-0.3, -0.25) is 19.3 Å². The van der Waals surface area contributed by atoms with Crippen LogP contribution in [0.3, 0.4) is 0 Å². The summed E-state index contributed by atoms with van der Waals surface area (Å²) < 4.78 is 32.5. The van der Waals surface area contributed by atoms with Gasteiger partial charge in [0, 0.05) is 6.07 Å². The molecule has 3 rings (SSSR count). The van der Waals surface area contributed by atoms with Crippen LogP contribution in [0.25, 0.3) is 0 Å². The van der Waals surface area contributed by atoms with Crippen molar-refractivity contribution in [3.63, 3.8) is 0 Å². The summed E-state index contributed by atoms with van der Waals surface area (Å²) in [7, 11) is 1.03. The van der Waals surface area contributed by atoms with E-state index in [9.17, 15) is 28.0 Å². The molecule has 0 fully saturated rings. The molecule has 1 heterocycles. The average Bonchev–Trinajstić information content (AvgIpc) is 2.95. The van der Waals surface area contributed by atoms with E-state index in [2.05, 4.69) is 10.1 Å². The molecule has 0 spiro atoms. The van der Waals surface area contributed by atoms with E-state index < -0.39 is 58.5 Å². The van der Waals surface area contributed by atoms with E-state index in [1.165, 1.54) is 12.1 Å². The van der Waals surface area contributed by atoms with Gasteiger partial charge in [-0.05, 0) is 24.1 Å². The van der Waals surface area contributed by atoms with E-state index in [1.54, 1.807) is 26.0 Å². The van der Waals surface area contributed by atoms with E-state index in [0.29, 0.717) is 6.07 Å². The molecule has 30 heavy (non-hydrogen) atoms. The summed E-state index contributed by atoms with van der Waals surface area (Å²) in [6.45, 7) is 3.24. The lowest BCUT2D eigenvalue weighted by Gasteiger charge is -2.28. The molecule has 1 aliphatic heterocycles. The first-order valence-electron chi connectivity index (χ1n) is 9.02. The van der Waals surface area contributed by atoms with Crippen molar-refractivity contribution in [1.82, 2.24) is 4.90 Å². The summed E-state index contributed by atoms with van der Waals surface area (Å²) in [5.41, 5.74) is -0.719. The number of nitrogens with zero attached hydrogens (tertiary/aromatic N) is 1. The van der Waals surface area contributed by atoms with Gasteiger partial charge >= 0.3 is 5.97 Å². The van der Waals surface area contributed by atoms with Gasteiger partial charge in [-0.15, -0.1) is 0 Å². The number of nitrogens with one attached hydrogen (secondary N) is 1. The van der Waals surface area contributed by atoms with Gasteiger partial charge in [0.25, 0.3) is 11.8 Å². The molecule has 2 aromatic rings. The third-order valence-corrected chi connectivity index (χ3v) is 4.72. The first kappa shape index (κ1) is 21.1. The van der Waals surface area contributed by atoms with Gasteiger partial charge < -0.3 is 10.1 Å². The Bertz CT molecular complexity index is 1030. The smallest absolute Gasteiger partial charge is 0.340 e. The van der Waals surface area contributed by atoms with Crippen molar-refractivity contribution in [3.8, 4) is 0 Å². The Morgan fingerprint density at radius 2 is 1.57 bits per heavy atom. The first-order valence-corrected chi connectivity index (χ1v) is 9.02. The van der Waals surface area contributed by atoms with Crippen molar-refractivity contribution in [1.29, 1.82) is 0 Å². The summed E-state index contributed by atoms with van der Waals surface area (Å²) in [6.07, 6.45) is 0. The molecular weight excluding hydrogens is 398 g/mol. The maximum Gasteiger partial charge on any atom is 0.340 e. The molecule has 1 N–H and O–H groups in total. The van der Waals surface area contributed by atoms with E-state index in [0.717, 1.165) is 18.1 Å². The standard InChI is InChI=1S/C21H18F2N2O5/c1-10(2)17(25-19(27)11-6-4-5-7-12(11)20(25)28)18(26)24-16-8-13(21(29)30-3)14(22)9-15(16)23/h4-10,17H,1-3H3,(H,24,26)/t17-/m1/s1. The Morgan fingerprint density at radius 3 is 2.07 bits per heavy atom. The number of benzene rings is 2. The van der Waals surface area contributed by atoms with Crippen LogP contribution >= 0.6 is 0 Å². The fourth-order valence-corrected chi connectivity index (χ4v) is 3.30. The number of halogens is 2. The number of hydrogen-bond acceptors (Lipinski definition) is 5. The summed E-state index contributed by atoms with van der Waals surface area (Å²) >= 11 is 0. The van der Waals surface area contributed by atoms with Crippen molar-refractivity contribution in [3.05, 3.63) is 64.7 Å². The maximum absolute atomic E-state index is 14.2. The van der Waals surface area contributed by atoms with Crippen LogP contribution in [0, 0.1) is 17.6 Å². The number of anilines is 1. The van der Waals surface area contributed by atoms with Crippen LogP contribution in [0.5, 0.6) is 0 Å². The normalized spacial score (nSPS) is 14.0. The molecule has 0 aliphatic carbocycles. The number of fused-ring (bicyclic) bond motifs is 1. The highest BCUT2D eigenvalue weighted by molar-refractivity contribution is 6.23. The van der Waals surface area contributed by atoms with Gasteiger partial charge in [-0.1, -0.05) is 26.0 Å². The van der Waals surface area contributed by atoms with Gasteiger partial charge in [-0.2, -0.15) is 0 Å². The number of rotatable bonds is 5. The molecule has 0 saturated carbocycles. The predicted octanol–water partition coefficient (Wildman–Crippen LogP) is 3.01. The SMILES string of the molecule is COC(=O)c1cc(NC(=O)[C@@H](C(C)C)N2C(=O)c3ccccc3C2=O)c(F)cc1F. The quantitative estimate of drug-likeness (QED) is 0.598. The van der Waals surface area contributed by atoms with Crippen LogP contribution in [-0.2, 0) is 9.53 Å². The summed E-state index contributed by atoms with van der Waals surface area (Å²) in [4.78, 5) is 50.9. The van der Waals surface area contributed by atoms with Gasteiger partial charge in [0.05, 0.1) is 29.5 Å². The fraction of sp³-hybridized carbons (Fsp3) is 0.238. The minimum atomic E-state index is -1.26. The molecule has 0 radical (unpaired) electrons. The number of ether oxygens (including phenoxy) is 1. The summed E-state index contributed by atoms with van der Waals surface area (Å²) in [5.74, 6) is -5.99. The Hall–Kier alpha value is -3.62. The largest absolute Gasteiger partial charge is 0.465 e. The molecular formula is C21H18F2N2O5. The molecule has 0 unspecified atom stereocenters. The molecule has 0 aromatic heterocycles. The lowest BCUT2D eigenvalue weighted by Crippen LogP contribution is -2.50. The lowest BCUT2D eigenvalue weighted by atomic mass is 10.0. The van der Waals surface area contributed by atoms with Crippen LogP contribution in [0.15, 0.2) is 36.4 Å². The highest BCUT2D eigenvalue weighted by atomic mass is 19.1. The topological polar surface area (TPSA) is 92.8 Å². The van der Waals surface area contributed by atoms with Crippen LogP contribution in [0.1, 0.15) is 44.9 Å². The maximum atomic E-state index is 14.2. The van der Waals surface area contributed by atoms with E-state index in [1.807, 2.05) is 0 Å². The van der Waals surface area contributed by atoms with E-state index >= 15 is 0 Å². The first-order chi connectivity index (χ1) is 14.2. The molecule has 2 aromatic carbocycles. The van der Waals surface area contributed by atoms with Gasteiger partial charge in [0.1, 0.15) is 17.7 Å². The molecule has 1 aliphatic rings. The Kier molecular flexibility index (Phi) is 5.64. The van der Waals surface area contributed by atoms with Gasteiger partial charge in [0.15, 0.2) is 0 Å². The number of esters is 1. The second-order valence-electron chi connectivity index (χ2n) is 7.01. The summed E-state index contributed by atoms with van der Waals surface area (Å²) in [5, 5.41) is 2.25. The Balaban J connectivity index is 1.94. The molecule has 3 amide bonds. The third kappa shape index (κ3) is 3.54. The molecule has 0 bridgehead atoms. The zero-order chi connectivity index (χ0) is 22.2. The second-order valence-corrected chi connectivity index (χ2v) is 7.01. The fourth-order valence-electron chi connectivity index (χ4n) is 3.30. The highest BCUT2D eigenvalue weighted by Crippen LogP contribution is 2.28. The average molecular weight is 416 g/mol. The van der Waals surface area contributed by atoms with Crippen molar-refractivity contribution in [2.75, 3.05) is 12.4 Å².